The molecule has 4 nitrogen and oxygen atoms in total. The van der Waals surface area contributed by atoms with Crippen LogP contribution < -0.4 is 5.73 Å². The zero-order valence-corrected chi connectivity index (χ0v) is 9.89. The molecule has 0 heterocycles. The predicted molar refractivity (Wildman–Crippen MR) is 58.8 cm³/mol. The van der Waals surface area contributed by atoms with Crippen molar-refractivity contribution in [2.24, 2.45) is 11.1 Å². The van der Waals surface area contributed by atoms with Crippen LogP contribution in [0.25, 0.3) is 0 Å². The number of hydrogen-bond acceptors (Lipinski definition) is 4. The van der Waals surface area contributed by atoms with Gasteiger partial charge in [-0.2, -0.15) is 5.26 Å². The minimum Gasteiger partial charge on any atom is -0.328 e. The van der Waals surface area contributed by atoms with Gasteiger partial charge in [-0.25, -0.2) is 8.42 Å². The van der Waals surface area contributed by atoms with Crippen molar-refractivity contribution in [3.8, 4) is 6.07 Å². The second-order valence-electron chi connectivity index (χ2n) is 4.69. The highest BCUT2D eigenvalue weighted by Gasteiger charge is 2.45. The molecule has 15 heavy (non-hydrogen) atoms. The first-order valence-electron chi connectivity index (χ1n) is 5.22. The zero-order valence-electron chi connectivity index (χ0n) is 9.07. The van der Waals surface area contributed by atoms with Crippen LogP contribution in [0.2, 0.25) is 0 Å². The molecule has 1 fully saturated rings. The van der Waals surface area contributed by atoms with Crippen molar-refractivity contribution < 1.29 is 8.42 Å². The van der Waals surface area contributed by atoms with Crippen LogP contribution in [0.3, 0.4) is 0 Å². The van der Waals surface area contributed by atoms with Crippen molar-refractivity contribution in [2.45, 2.75) is 38.6 Å². The molecule has 2 N–H and O–H groups in total. The van der Waals surface area contributed by atoms with Crippen LogP contribution in [0.15, 0.2) is 0 Å². The molecule has 5 heteroatoms. The largest absolute Gasteiger partial charge is 0.328 e. The lowest BCUT2D eigenvalue weighted by atomic mass is 10.1. The SMILES string of the molecule is CC(N)CCS(=O)(=O)CC1(CC#N)CC1. The van der Waals surface area contributed by atoms with E-state index in [1.165, 1.54) is 0 Å². The van der Waals surface area contributed by atoms with Crippen LogP contribution in [0.1, 0.15) is 32.6 Å². The Hall–Kier alpha value is -0.600. The van der Waals surface area contributed by atoms with Gasteiger partial charge in [0.05, 0.1) is 17.6 Å². The van der Waals surface area contributed by atoms with E-state index >= 15 is 0 Å². The molecular formula is C10H18N2O2S. The van der Waals surface area contributed by atoms with Crippen molar-refractivity contribution in [2.75, 3.05) is 11.5 Å². The summed E-state index contributed by atoms with van der Waals surface area (Å²) in [4.78, 5) is 0. The third kappa shape index (κ3) is 4.18. The van der Waals surface area contributed by atoms with Gasteiger partial charge in [-0.3, -0.25) is 0 Å². The Labute approximate surface area is 91.4 Å². The second kappa shape index (κ2) is 4.50. The molecule has 1 aliphatic rings. The predicted octanol–water partition coefficient (Wildman–Crippen LogP) is 0.832. The number of hydrogen-bond donors (Lipinski definition) is 1. The quantitative estimate of drug-likeness (QED) is 0.732. The van der Waals surface area contributed by atoms with Crippen molar-refractivity contribution in [3.05, 3.63) is 0 Å². The van der Waals surface area contributed by atoms with E-state index in [2.05, 4.69) is 6.07 Å². The van der Waals surface area contributed by atoms with Crippen LogP contribution >= 0.6 is 0 Å². The van der Waals surface area contributed by atoms with Crippen LogP contribution in [0, 0.1) is 16.7 Å². The molecule has 0 amide bonds. The number of nitriles is 1. The van der Waals surface area contributed by atoms with E-state index in [1.807, 2.05) is 0 Å². The maximum Gasteiger partial charge on any atom is 0.150 e. The van der Waals surface area contributed by atoms with Gasteiger partial charge in [-0.1, -0.05) is 0 Å². The van der Waals surface area contributed by atoms with Gasteiger partial charge in [-0.15, -0.1) is 0 Å². The fourth-order valence-corrected chi connectivity index (χ4v) is 3.82. The Kier molecular flexibility index (Phi) is 3.74. The molecule has 0 aromatic heterocycles. The summed E-state index contributed by atoms with van der Waals surface area (Å²) in [6.07, 6.45) is 2.62. The first-order valence-corrected chi connectivity index (χ1v) is 7.04. The number of sulfone groups is 1. The molecule has 0 bridgehead atoms. The van der Waals surface area contributed by atoms with Crippen molar-refractivity contribution >= 4 is 9.84 Å². The van der Waals surface area contributed by atoms with Gasteiger partial charge in [0.25, 0.3) is 0 Å². The topological polar surface area (TPSA) is 84.0 Å². The summed E-state index contributed by atoms with van der Waals surface area (Å²) in [5, 5.41) is 8.59. The Balaban J connectivity index is 2.47. The summed E-state index contributed by atoms with van der Waals surface area (Å²) < 4.78 is 23.4. The number of nitrogens with zero attached hydrogens (tertiary/aromatic N) is 1. The van der Waals surface area contributed by atoms with Gasteiger partial charge >= 0.3 is 0 Å². The molecule has 1 atom stereocenters. The summed E-state index contributed by atoms with van der Waals surface area (Å²) in [7, 11) is -3.03. The van der Waals surface area contributed by atoms with Crippen molar-refractivity contribution in [3.63, 3.8) is 0 Å². The molecule has 1 unspecified atom stereocenters. The molecule has 0 aliphatic heterocycles. The third-order valence-corrected chi connectivity index (χ3v) is 4.73. The fourth-order valence-electron chi connectivity index (χ4n) is 1.62. The molecule has 1 aliphatic carbocycles. The lowest BCUT2D eigenvalue weighted by Gasteiger charge is -2.12. The average molecular weight is 230 g/mol. The van der Waals surface area contributed by atoms with Crippen LogP contribution in [-0.4, -0.2) is 26.0 Å². The maximum atomic E-state index is 11.7. The zero-order chi connectivity index (χ0) is 11.5. The van der Waals surface area contributed by atoms with E-state index in [0.29, 0.717) is 12.8 Å². The van der Waals surface area contributed by atoms with Crippen LogP contribution in [0.4, 0.5) is 0 Å². The molecule has 86 valence electrons. The first kappa shape index (κ1) is 12.5. The van der Waals surface area contributed by atoms with Gasteiger partial charge in [0.15, 0.2) is 9.84 Å². The highest BCUT2D eigenvalue weighted by atomic mass is 32.2. The Morgan fingerprint density at radius 1 is 1.53 bits per heavy atom. The standard InChI is InChI=1S/C10H18N2O2S/c1-9(12)2-7-15(13,14)8-10(3-4-10)5-6-11/h9H,2-5,7-8,12H2,1H3. The van der Waals surface area contributed by atoms with E-state index in [-0.39, 0.29) is 23.0 Å². The molecule has 0 radical (unpaired) electrons. The van der Waals surface area contributed by atoms with Gasteiger partial charge < -0.3 is 5.73 Å². The van der Waals surface area contributed by atoms with E-state index < -0.39 is 9.84 Å². The van der Waals surface area contributed by atoms with Gasteiger partial charge in [0.2, 0.25) is 0 Å². The van der Waals surface area contributed by atoms with E-state index in [1.54, 1.807) is 6.92 Å². The molecule has 0 aromatic rings. The summed E-state index contributed by atoms with van der Waals surface area (Å²) >= 11 is 0. The minimum atomic E-state index is -3.03. The fraction of sp³-hybridized carbons (Fsp3) is 0.900. The summed E-state index contributed by atoms with van der Waals surface area (Å²) in [5.74, 6) is 0.318. The molecule has 0 spiro atoms. The maximum absolute atomic E-state index is 11.7. The van der Waals surface area contributed by atoms with Gasteiger partial charge in [0, 0.05) is 12.5 Å². The van der Waals surface area contributed by atoms with Crippen LogP contribution in [-0.2, 0) is 9.84 Å². The van der Waals surface area contributed by atoms with Crippen molar-refractivity contribution in [1.29, 1.82) is 5.26 Å². The molecule has 0 aromatic carbocycles. The third-order valence-electron chi connectivity index (χ3n) is 2.82. The number of rotatable bonds is 6. The summed E-state index contributed by atoms with van der Waals surface area (Å²) in [5.41, 5.74) is 5.30. The normalized spacial score (nSPS) is 20.6. The number of nitrogens with two attached hydrogens (primary N) is 1. The van der Waals surface area contributed by atoms with Gasteiger partial charge in [0.1, 0.15) is 0 Å². The molecular weight excluding hydrogens is 212 g/mol. The summed E-state index contributed by atoms with van der Waals surface area (Å²) in [6.45, 7) is 1.80. The molecule has 1 saturated carbocycles. The molecule has 0 saturated heterocycles. The summed E-state index contributed by atoms with van der Waals surface area (Å²) in [6, 6.07) is 1.99. The van der Waals surface area contributed by atoms with Crippen molar-refractivity contribution in [1.82, 2.24) is 0 Å². The van der Waals surface area contributed by atoms with Crippen LogP contribution in [0.5, 0.6) is 0 Å². The second-order valence-corrected chi connectivity index (χ2v) is 6.88. The van der Waals surface area contributed by atoms with E-state index in [4.69, 9.17) is 11.0 Å². The average Bonchev–Trinajstić information content (AvgIpc) is 2.81. The minimum absolute atomic E-state index is 0.0779. The monoisotopic (exact) mass is 230 g/mol. The Bertz CT molecular complexity index is 350. The first-order chi connectivity index (χ1) is 6.89. The smallest absolute Gasteiger partial charge is 0.150 e. The lowest BCUT2D eigenvalue weighted by molar-refractivity contribution is 0.543. The highest BCUT2D eigenvalue weighted by Crippen LogP contribution is 2.49. The molecule has 1 rings (SSSR count). The van der Waals surface area contributed by atoms with Gasteiger partial charge in [-0.05, 0) is 31.6 Å². The lowest BCUT2D eigenvalue weighted by Crippen LogP contribution is -2.24. The Morgan fingerprint density at radius 3 is 2.53 bits per heavy atom. The Morgan fingerprint density at radius 2 is 2.13 bits per heavy atom. The van der Waals surface area contributed by atoms with E-state index in [9.17, 15) is 8.42 Å². The highest BCUT2D eigenvalue weighted by molar-refractivity contribution is 7.91. The van der Waals surface area contributed by atoms with E-state index in [0.717, 1.165) is 12.8 Å².